The van der Waals surface area contributed by atoms with E-state index in [1.807, 2.05) is 45.0 Å². The van der Waals surface area contributed by atoms with E-state index in [1.54, 1.807) is 18.2 Å². The van der Waals surface area contributed by atoms with Gasteiger partial charge in [0.15, 0.2) is 0 Å². The zero-order valence-electron chi connectivity index (χ0n) is 12.7. The van der Waals surface area contributed by atoms with Gasteiger partial charge in [0.05, 0.1) is 5.41 Å². The molecular formula is C17H18INO2S. The maximum absolute atomic E-state index is 12.1. The van der Waals surface area contributed by atoms with Crippen LogP contribution in [0.2, 0.25) is 0 Å². The summed E-state index contributed by atoms with van der Waals surface area (Å²) in [4.78, 5) is 0. The summed E-state index contributed by atoms with van der Waals surface area (Å²) in [5, 5.41) is 1.22. The second-order valence-corrected chi connectivity index (χ2v) is 8.08. The summed E-state index contributed by atoms with van der Waals surface area (Å²) in [7, 11) is -3.52. The maximum atomic E-state index is 12.1. The molecule has 0 aliphatic rings. The van der Waals surface area contributed by atoms with Gasteiger partial charge in [-0.05, 0) is 90.4 Å². The van der Waals surface area contributed by atoms with Gasteiger partial charge in [-0.1, -0.05) is 17.7 Å². The summed E-state index contributed by atoms with van der Waals surface area (Å²) >= 11 is 2.18. The van der Waals surface area contributed by atoms with Crippen LogP contribution in [0.4, 0.5) is 5.69 Å². The average Bonchev–Trinajstić information content (AvgIpc) is 2.40. The first-order valence-electron chi connectivity index (χ1n) is 6.81. The van der Waals surface area contributed by atoms with E-state index in [0.717, 1.165) is 20.3 Å². The zero-order chi connectivity index (χ0) is 16.3. The van der Waals surface area contributed by atoms with Crippen LogP contribution in [0, 0.1) is 24.3 Å². The quantitative estimate of drug-likeness (QED) is 0.724. The number of hydrogen-bond acceptors (Lipinski definition) is 2. The van der Waals surface area contributed by atoms with Crippen LogP contribution in [0.25, 0.3) is 6.08 Å². The number of sulfonamides is 1. The molecule has 5 heteroatoms. The number of rotatable bonds is 4. The number of anilines is 1. The highest BCUT2D eigenvalue weighted by Crippen LogP contribution is 2.19. The van der Waals surface area contributed by atoms with Gasteiger partial charge in [0.25, 0.3) is 10.0 Å². The van der Waals surface area contributed by atoms with E-state index in [2.05, 4.69) is 27.3 Å². The fourth-order valence-electron chi connectivity index (χ4n) is 2.33. The Bertz CT molecular complexity index is 786. The van der Waals surface area contributed by atoms with E-state index in [9.17, 15) is 8.42 Å². The summed E-state index contributed by atoms with van der Waals surface area (Å²) in [5.41, 5.74) is 4.81. The molecule has 1 N–H and O–H groups in total. The fraction of sp³-hybridized carbons (Fsp3) is 0.176. The van der Waals surface area contributed by atoms with E-state index in [0.29, 0.717) is 5.69 Å². The van der Waals surface area contributed by atoms with Crippen molar-refractivity contribution >= 4 is 44.4 Å². The Morgan fingerprint density at radius 2 is 1.55 bits per heavy atom. The van der Waals surface area contributed by atoms with Crippen molar-refractivity contribution in [1.29, 1.82) is 0 Å². The van der Waals surface area contributed by atoms with Gasteiger partial charge in [-0.15, -0.1) is 0 Å². The van der Waals surface area contributed by atoms with E-state index in [-0.39, 0.29) is 0 Å². The van der Waals surface area contributed by atoms with Crippen LogP contribution < -0.4 is 4.72 Å². The smallest absolute Gasteiger partial charge is 0.255 e. The lowest BCUT2D eigenvalue weighted by molar-refractivity contribution is 0.609. The van der Waals surface area contributed by atoms with Crippen LogP contribution in [0.1, 0.15) is 22.3 Å². The third-order valence-corrected chi connectivity index (χ3v) is 4.99. The van der Waals surface area contributed by atoms with Gasteiger partial charge < -0.3 is 0 Å². The van der Waals surface area contributed by atoms with Crippen molar-refractivity contribution in [2.24, 2.45) is 0 Å². The van der Waals surface area contributed by atoms with Gasteiger partial charge in [0.1, 0.15) is 0 Å². The topological polar surface area (TPSA) is 46.2 Å². The maximum Gasteiger partial charge on any atom is 0.255 e. The molecule has 0 bridgehead atoms. The molecule has 0 aliphatic heterocycles. The van der Waals surface area contributed by atoms with E-state index in [1.165, 1.54) is 11.0 Å². The summed E-state index contributed by atoms with van der Waals surface area (Å²) in [6.07, 6.45) is 1.65. The minimum atomic E-state index is -3.52. The third-order valence-electron chi connectivity index (χ3n) is 3.26. The molecule has 2 aromatic carbocycles. The molecule has 0 heterocycles. The van der Waals surface area contributed by atoms with Crippen LogP contribution in [0.5, 0.6) is 0 Å². The highest BCUT2D eigenvalue weighted by molar-refractivity contribution is 14.1. The van der Waals surface area contributed by atoms with Crippen LogP contribution in [-0.2, 0) is 10.0 Å². The SMILES string of the molecule is Cc1cc(C)c(C=CS(=O)(=O)Nc2ccc(I)cc2)c(C)c1. The van der Waals surface area contributed by atoms with E-state index >= 15 is 0 Å². The predicted octanol–water partition coefficient (Wildman–Crippen LogP) is 4.63. The Kier molecular flexibility index (Phi) is 5.28. The third kappa shape index (κ3) is 4.58. The summed E-state index contributed by atoms with van der Waals surface area (Å²) in [6.45, 7) is 6.00. The summed E-state index contributed by atoms with van der Waals surface area (Å²) in [6, 6.07) is 11.3. The molecule has 0 aromatic heterocycles. The van der Waals surface area contributed by atoms with Crippen molar-refractivity contribution < 1.29 is 8.42 Å². The number of benzene rings is 2. The average molecular weight is 427 g/mol. The van der Waals surface area contributed by atoms with Crippen molar-refractivity contribution in [3.05, 3.63) is 67.6 Å². The van der Waals surface area contributed by atoms with Gasteiger partial charge in [0, 0.05) is 9.26 Å². The Balaban J connectivity index is 2.23. The molecule has 0 radical (unpaired) electrons. The Morgan fingerprint density at radius 3 is 2.09 bits per heavy atom. The molecule has 0 atom stereocenters. The second-order valence-electron chi connectivity index (χ2n) is 5.27. The van der Waals surface area contributed by atoms with Gasteiger partial charge in [-0.3, -0.25) is 4.72 Å². The molecule has 116 valence electrons. The highest BCUT2D eigenvalue weighted by atomic mass is 127. The van der Waals surface area contributed by atoms with Crippen molar-refractivity contribution in [2.45, 2.75) is 20.8 Å². The zero-order valence-corrected chi connectivity index (χ0v) is 15.7. The monoisotopic (exact) mass is 427 g/mol. The lowest BCUT2D eigenvalue weighted by Crippen LogP contribution is -2.08. The number of nitrogens with one attached hydrogen (secondary N) is 1. The second kappa shape index (κ2) is 6.83. The van der Waals surface area contributed by atoms with Crippen molar-refractivity contribution in [1.82, 2.24) is 0 Å². The molecule has 0 saturated carbocycles. The van der Waals surface area contributed by atoms with E-state index in [4.69, 9.17) is 0 Å². The minimum Gasteiger partial charge on any atom is -0.280 e. The summed E-state index contributed by atoms with van der Waals surface area (Å²) in [5.74, 6) is 0. The molecule has 0 fully saturated rings. The normalized spacial score (nSPS) is 11.8. The molecular weight excluding hydrogens is 409 g/mol. The number of halogens is 1. The summed E-state index contributed by atoms with van der Waals surface area (Å²) < 4.78 is 27.9. The largest absolute Gasteiger partial charge is 0.280 e. The number of aryl methyl sites for hydroxylation is 3. The van der Waals surface area contributed by atoms with Gasteiger partial charge in [-0.25, -0.2) is 8.42 Å². The molecule has 0 aliphatic carbocycles. The predicted molar refractivity (Wildman–Crippen MR) is 101 cm³/mol. The lowest BCUT2D eigenvalue weighted by atomic mass is 10.0. The van der Waals surface area contributed by atoms with E-state index < -0.39 is 10.0 Å². The Morgan fingerprint density at radius 1 is 1.00 bits per heavy atom. The van der Waals surface area contributed by atoms with Crippen LogP contribution >= 0.6 is 22.6 Å². The fourth-order valence-corrected chi connectivity index (χ4v) is 3.54. The molecule has 3 nitrogen and oxygen atoms in total. The Hall–Kier alpha value is -1.34. The van der Waals surface area contributed by atoms with Crippen molar-refractivity contribution in [2.75, 3.05) is 4.72 Å². The molecule has 22 heavy (non-hydrogen) atoms. The van der Waals surface area contributed by atoms with Crippen LogP contribution in [-0.4, -0.2) is 8.42 Å². The van der Waals surface area contributed by atoms with Crippen LogP contribution in [0.15, 0.2) is 41.8 Å². The first-order chi connectivity index (χ1) is 10.3. The molecule has 0 spiro atoms. The van der Waals surface area contributed by atoms with Gasteiger partial charge >= 0.3 is 0 Å². The minimum absolute atomic E-state index is 0.558. The first-order valence-corrected chi connectivity index (χ1v) is 9.44. The standard InChI is InChI=1S/C17H18INO2S/c1-12-10-13(2)17(14(3)11-12)8-9-22(20,21)19-16-6-4-15(18)5-7-16/h4-11,19H,1-3H3. The Labute approximate surface area is 145 Å². The van der Waals surface area contributed by atoms with Gasteiger partial charge in [0.2, 0.25) is 0 Å². The molecule has 0 unspecified atom stereocenters. The highest BCUT2D eigenvalue weighted by Gasteiger charge is 2.07. The van der Waals surface area contributed by atoms with Crippen molar-refractivity contribution in [3.8, 4) is 0 Å². The molecule has 2 aromatic rings. The lowest BCUT2D eigenvalue weighted by Gasteiger charge is -2.08. The molecule has 2 rings (SSSR count). The number of hydrogen-bond donors (Lipinski definition) is 1. The van der Waals surface area contributed by atoms with Crippen molar-refractivity contribution in [3.63, 3.8) is 0 Å². The van der Waals surface area contributed by atoms with Crippen LogP contribution in [0.3, 0.4) is 0 Å². The van der Waals surface area contributed by atoms with Gasteiger partial charge in [-0.2, -0.15) is 0 Å². The molecule has 0 saturated heterocycles. The first kappa shape index (κ1) is 17.0. The molecule has 0 amide bonds.